The second-order valence-corrected chi connectivity index (χ2v) is 4.65. The number of benzene rings is 1. The molecule has 0 atom stereocenters. The summed E-state index contributed by atoms with van der Waals surface area (Å²) < 4.78 is 0. The fourth-order valence-corrected chi connectivity index (χ4v) is 1.56. The van der Waals surface area contributed by atoms with E-state index < -0.39 is 5.41 Å². The molecule has 0 radical (unpaired) electrons. The minimum atomic E-state index is -0.553. The molecule has 0 aliphatic heterocycles. The highest BCUT2D eigenvalue weighted by atomic mass is 16.2. The topological polar surface area (TPSA) is 81.1 Å². The quantitative estimate of drug-likeness (QED) is 0.526. The van der Waals surface area contributed by atoms with Crippen molar-refractivity contribution in [2.24, 2.45) is 5.73 Å². The normalized spacial score (nSPS) is 11.2. The summed E-state index contributed by atoms with van der Waals surface area (Å²) in [5, 5.41) is 2.89. The van der Waals surface area contributed by atoms with Crippen LogP contribution in [0.25, 0.3) is 0 Å². The van der Waals surface area contributed by atoms with Gasteiger partial charge in [0.05, 0.1) is 5.41 Å². The molecule has 0 aromatic heterocycles. The summed E-state index contributed by atoms with van der Waals surface area (Å²) in [6, 6.07) is 7.39. The smallest absolute Gasteiger partial charge is 0.230 e. The summed E-state index contributed by atoms with van der Waals surface area (Å²) >= 11 is 0. The van der Waals surface area contributed by atoms with Gasteiger partial charge in [-0.05, 0) is 44.5 Å². The van der Waals surface area contributed by atoms with Gasteiger partial charge in [-0.25, -0.2) is 0 Å². The van der Waals surface area contributed by atoms with Crippen LogP contribution in [0.5, 0.6) is 0 Å². The van der Waals surface area contributed by atoms with Crippen LogP contribution in [0.3, 0.4) is 0 Å². The summed E-state index contributed by atoms with van der Waals surface area (Å²) in [4.78, 5) is 12.0. The molecule has 0 bridgehead atoms. The number of rotatable bonds is 5. The van der Waals surface area contributed by atoms with Gasteiger partial charge in [-0.3, -0.25) is 4.79 Å². The summed E-state index contributed by atoms with van der Waals surface area (Å²) in [6.45, 7) is 5.00. The first-order valence-electron chi connectivity index (χ1n) is 5.83. The summed E-state index contributed by atoms with van der Waals surface area (Å²) in [5.41, 5.74) is 12.1. The van der Waals surface area contributed by atoms with Gasteiger partial charge in [-0.2, -0.15) is 0 Å². The Balaban J connectivity index is 2.72. The van der Waals surface area contributed by atoms with Gasteiger partial charge >= 0.3 is 0 Å². The Morgan fingerprint density at radius 1 is 1.29 bits per heavy atom. The van der Waals surface area contributed by atoms with E-state index in [9.17, 15) is 4.79 Å². The molecule has 1 amide bonds. The van der Waals surface area contributed by atoms with Gasteiger partial charge in [0.25, 0.3) is 0 Å². The van der Waals surface area contributed by atoms with Gasteiger partial charge in [0.1, 0.15) is 0 Å². The SMILES string of the molecule is CC(C)(C(=O)NCCCN)c1ccc(N)cc1. The van der Waals surface area contributed by atoms with Crippen molar-refractivity contribution in [2.75, 3.05) is 18.8 Å². The zero-order chi connectivity index (χ0) is 12.9. The molecule has 17 heavy (non-hydrogen) atoms. The van der Waals surface area contributed by atoms with Crippen LogP contribution in [0.2, 0.25) is 0 Å². The highest BCUT2D eigenvalue weighted by Gasteiger charge is 2.29. The van der Waals surface area contributed by atoms with Gasteiger partial charge in [0, 0.05) is 12.2 Å². The van der Waals surface area contributed by atoms with E-state index in [-0.39, 0.29) is 5.91 Å². The van der Waals surface area contributed by atoms with Crippen LogP contribution < -0.4 is 16.8 Å². The fourth-order valence-electron chi connectivity index (χ4n) is 1.56. The van der Waals surface area contributed by atoms with Crippen molar-refractivity contribution >= 4 is 11.6 Å². The van der Waals surface area contributed by atoms with E-state index in [0.717, 1.165) is 12.0 Å². The third-order valence-electron chi connectivity index (χ3n) is 2.87. The van der Waals surface area contributed by atoms with Crippen molar-refractivity contribution in [2.45, 2.75) is 25.7 Å². The van der Waals surface area contributed by atoms with E-state index in [1.54, 1.807) is 0 Å². The van der Waals surface area contributed by atoms with Crippen molar-refractivity contribution in [3.05, 3.63) is 29.8 Å². The third-order valence-corrected chi connectivity index (χ3v) is 2.87. The maximum absolute atomic E-state index is 12.0. The van der Waals surface area contributed by atoms with Crippen LogP contribution >= 0.6 is 0 Å². The Morgan fingerprint density at radius 3 is 2.41 bits per heavy atom. The number of hydrogen-bond donors (Lipinski definition) is 3. The maximum atomic E-state index is 12.0. The number of carbonyl (C=O) groups excluding carboxylic acids is 1. The van der Waals surface area contributed by atoms with Crippen LogP contribution in [-0.2, 0) is 10.2 Å². The first-order valence-corrected chi connectivity index (χ1v) is 5.83. The first-order chi connectivity index (χ1) is 7.98. The van der Waals surface area contributed by atoms with Crippen molar-refractivity contribution in [1.29, 1.82) is 0 Å². The molecule has 0 aliphatic rings. The van der Waals surface area contributed by atoms with E-state index in [1.807, 2.05) is 38.1 Å². The van der Waals surface area contributed by atoms with Crippen LogP contribution in [0.1, 0.15) is 25.8 Å². The average molecular weight is 235 g/mol. The van der Waals surface area contributed by atoms with Crippen LogP contribution in [0.4, 0.5) is 5.69 Å². The van der Waals surface area contributed by atoms with Crippen molar-refractivity contribution in [3.63, 3.8) is 0 Å². The molecular weight excluding hydrogens is 214 g/mol. The lowest BCUT2D eigenvalue weighted by Crippen LogP contribution is -2.40. The Labute approximate surface area is 102 Å². The Bertz CT molecular complexity index is 371. The van der Waals surface area contributed by atoms with Gasteiger partial charge in [0.15, 0.2) is 0 Å². The summed E-state index contributed by atoms with van der Waals surface area (Å²) in [7, 11) is 0. The molecule has 1 aromatic carbocycles. The molecule has 1 aromatic rings. The predicted molar refractivity (Wildman–Crippen MR) is 70.6 cm³/mol. The van der Waals surface area contributed by atoms with E-state index in [0.29, 0.717) is 18.8 Å². The number of anilines is 1. The fraction of sp³-hybridized carbons (Fsp3) is 0.462. The molecule has 0 spiro atoms. The number of nitrogen functional groups attached to an aromatic ring is 1. The molecule has 0 saturated heterocycles. The lowest BCUT2D eigenvalue weighted by atomic mass is 9.83. The molecule has 0 aliphatic carbocycles. The number of hydrogen-bond acceptors (Lipinski definition) is 3. The van der Waals surface area contributed by atoms with Crippen molar-refractivity contribution < 1.29 is 4.79 Å². The maximum Gasteiger partial charge on any atom is 0.230 e. The molecule has 0 unspecified atom stereocenters. The zero-order valence-corrected chi connectivity index (χ0v) is 10.5. The first kappa shape index (κ1) is 13.5. The summed E-state index contributed by atoms with van der Waals surface area (Å²) in [6.07, 6.45) is 0.795. The van der Waals surface area contributed by atoms with E-state index in [2.05, 4.69) is 5.32 Å². The average Bonchev–Trinajstić information content (AvgIpc) is 2.29. The minimum Gasteiger partial charge on any atom is -0.399 e. The number of nitrogens with two attached hydrogens (primary N) is 2. The third kappa shape index (κ3) is 3.46. The second kappa shape index (κ2) is 5.68. The zero-order valence-electron chi connectivity index (χ0n) is 10.5. The lowest BCUT2D eigenvalue weighted by molar-refractivity contribution is -0.125. The van der Waals surface area contributed by atoms with Crippen LogP contribution in [0.15, 0.2) is 24.3 Å². The second-order valence-electron chi connectivity index (χ2n) is 4.65. The van der Waals surface area contributed by atoms with Gasteiger partial charge in [-0.15, -0.1) is 0 Å². The predicted octanol–water partition coefficient (Wildman–Crippen LogP) is 1.01. The Kier molecular flexibility index (Phi) is 4.52. The standard InChI is InChI=1S/C13H21N3O/c1-13(2,12(17)16-9-3-8-14)10-4-6-11(15)7-5-10/h4-7H,3,8-9,14-15H2,1-2H3,(H,16,17). The van der Waals surface area contributed by atoms with E-state index in [1.165, 1.54) is 0 Å². The van der Waals surface area contributed by atoms with Crippen molar-refractivity contribution in [1.82, 2.24) is 5.32 Å². The molecule has 4 heteroatoms. The van der Waals surface area contributed by atoms with Crippen molar-refractivity contribution in [3.8, 4) is 0 Å². The number of amides is 1. The molecule has 4 nitrogen and oxygen atoms in total. The van der Waals surface area contributed by atoms with Crippen LogP contribution in [-0.4, -0.2) is 19.0 Å². The summed E-state index contributed by atoms with van der Waals surface area (Å²) in [5.74, 6) is 0.00993. The molecule has 1 rings (SSSR count). The molecule has 5 N–H and O–H groups in total. The highest BCUT2D eigenvalue weighted by molar-refractivity contribution is 5.87. The Morgan fingerprint density at radius 2 is 1.88 bits per heavy atom. The molecule has 0 heterocycles. The van der Waals surface area contributed by atoms with Crippen LogP contribution in [0, 0.1) is 0 Å². The van der Waals surface area contributed by atoms with Gasteiger partial charge < -0.3 is 16.8 Å². The Hall–Kier alpha value is -1.55. The largest absolute Gasteiger partial charge is 0.399 e. The minimum absolute atomic E-state index is 0.00993. The monoisotopic (exact) mass is 235 g/mol. The van der Waals surface area contributed by atoms with E-state index in [4.69, 9.17) is 11.5 Å². The van der Waals surface area contributed by atoms with Gasteiger partial charge in [0.2, 0.25) is 5.91 Å². The van der Waals surface area contributed by atoms with Gasteiger partial charge in [-0.1, -0.05) is 12.1 Å². The molecule has 94 valence electrons. The molecule has 0 saturated carbocycles. The molecule has 0 fully saturated rings. The number of carbonyl (C=O) groups is 1. The lowest BCUT2D eigenvalue weighted by Gasteiger charge is -2.24. The van der Waals surface area contributed by atoms with E-state index >= 15 is 0 Å². The molecular formula is C13H21N3O. The highest BCUT2D eigenvalue weighted by Crippen LogP contribution is 2.24. The number of nitrogens with one attached hydrogen (secondary N) is 1.